The van der Waals surface area contributed by atoms with Crippen LogP contribution in [0.1, 0.15) is 0 Å². The third-order valence-electron chi connectivity index (χ3n) is 0. The molecule has 0 aromatic carbocycles. The van der Waals surface area contributed by atoms with E-state index < -0.39 is 18.3 Å². The van der Waals surface area contributed by atoms with Crippen molar-refractivity contribution < 1.29 is 45.2 Å². The van der Waals surface area contributed by atoms with Crippen LogP contribution in [0.3, 0.4) is 0 Å². The maximum Gasteiger partial charge on any atom is 2.00 e. The first-order valence-electron chi connectivity index (χ1n) is 1.22. The maximum absolute atomic E-state index is 8.52. The van der Waals surface area contributed by atoms with Crippen LogP contribution in [-0.2, 0) is 26.0 Å². The zero-order chi connectivity index (χ0) is 7.15. The summed E-state index contributed by atoms with van der Waals surface area (Å²) in [6.07, 6.45) is 0. The molecule has 0 aliphatic carbocycles. The summed E-state index contributed by atoms with van der Waals surface area (Å²) in [5.74, 6) is 0. The predicted octanol–water partition coefficient (Wildman–Crippen LogP) is -6.14. The molecule has 0 amide bonds. The second-order valence-corrected chi connectivity index (χ2v) is 1.50. The van der Waals surface area contributed by atoms with Gasteiger partial charge in [-0.3, -0.25) is 0 Å². The third kappa shape index (κ3) is 564. The standard InChI is InChI=1S/Ca.Cu.2O3Si/c;;2*1-4(2)3/q2*+2;2*-2. The second-order valence-electron chi connectivity index (χ2n) is 0.500. The maximum atomic E-state index is 8.52. The fourth-order valence-electron chi connectivity index (χ4n) is 0. The van der Waals surface area contributed by atoms with Gasteiger partial charge in [-0.25, -0.2) is 0 Å². The van der Waals surface area contributed by atoms with Crippen molar-refractivity contribution in [1.29, 1.82) is 0 Å². The Morgan fingerprint density at radius 3 is 0.800 bits per heavy atom. The largest absolute Gasteiger partial charge is 2.00 e. The molecule has 0 fully saturated rings. The van der Waals surface area contributed by atoms with Crippen LogP contribution in [0.15, 0.2) is 0 Å². The Morgan fingerprint density at radius 2 is 0.800 bits per heavy atom. The summed E-state index contributed by atoms with van der Waals surface area (Å²) in [5.41, 5.74) is 0. The first-order chi connectivity index (χ1) is 3.46. The van der Waals surface area contributed by atoms with Gasteiger partial charge >= 0.3 is 54.8 Å². The van der Waals surface area contributed by atoms with Crippen LogP contribution in [0.2, 0.25) is 0 Å². The van der Waals surface area contributed by atoms with E-state index in [0.717, 1.165) is 0 Å². The van der Waals surface area contributed by atoms with E-state index in [-0.39, 0.29) is 54.8 Å². The van der Waals surface area contributed by atoms with Crippen molar-refractivity contribution in [3.63, 3.8) is 0 Å². The molecule has 0 unspecified atom stereocenters. The molecule has 0 aromatic heterocycles. The Kier molecular flexibility index (Phi) is 37.1. The molecule has 0 N–H and O–H groups in total. The summed E-state index contributed by atoms with van der Waals surface area (Å²) in [7, 11) is -7.26. The van der Waals surface area contributed by atoms with Gasteiger partial charge in [-0.1, -0.05) is 0 Å². The fourth-order valence-corrected chi connectivity index (χ4v) is 0. The number of hydrogen-bond acceptors (Lipinski definition) is 6. The topological polar surface area (TPSA) is 126 Å². The SMILES string of the molecule is O=[Si]([O-])[O-].O=[Si]([O-])[O-].[Ca+2].[Cu+2]. The minimum absolute atomic E-state index is 0. The molecule has 0 saturated carbocycles. The molecule has 0 heterocycles. The van der Waals surface area contributed by atoms with Gasteiger partial charge in [0.15, 0.2) is 0 Å². The molecular weight excluding hydrogens is 256 g/mol. The van der Waals surface area contributed by atoms with E-state index >= 15 is 0 Å². The Bertz CT molecular complexity index is 73.7. The van der Waals surface area contributed by atoms with Crippen molar-refractivity contribution in [1.82, 2.24) is 0 Å². The molecule has 6 nitrogen and oxygen atoms in total. The normalized spacial score (nSPS) is 4.80. The summed E-state index contributed by atoms with van der Waals surface area (Å²) in [6, 6.07) is 0. The molecule has 0 spiro atoms. The molecule has 10 heavy (non-hydrogen) atoms. The van der Waals surface area contributed by atoms with Crippen LogP contribution >= 0.6 is 0 Å². The molecular formula is CaCuO6Si2. The molecule has 57 valence electrons. The second kappa shape index (κ2) is 16.5. The van der Waals surface area contributed by atoms with Gasteiger partial charge in [-0.2, -0.15) is 0 Å². The molecule has 10 heteroatoms. The van der Waals surface area contributed by atoms with Crippen molar-refractivity contribution in [3.8, 4) is 0 Å². The van der Waals surface area contributed by atoms with Crippen LogP contribution in [0.4, 0.5) is 0 Å². The van der Waals surface area contributed by atoms with Crippen LogP contribution in [0.5, 0.6) is 0 Å². The summed E-state index contributed by atoms with van der Waals surface area (Å²) in [5, 5.41) is 0. The predicted molar refractivity (Wildman–Crippen MR) is 18.6 cm³/mol. The van der Waals surface area contributed by atoms with Gasteiger partial charge in [0.25, 0.3) is 0 Å². The minimum Gasteiger partial charge on any atom is -0.672 e. The first-order valence-corrected chi connectivity index (χ1v) is 3.67. The van der Waals surface area contributed by atoms with Crippen molar-refractivity contribution in [3.05, 3.63) is 0 Å². The van der Waals surface area contributed by atoms with Crippen molar-refractivity contribution in [2.75, 3.05) is 0 Å². The molecule has 0 saturated heterocycles. The smallest absolute Gasteiger partial charge is 0.672 e. The van der Waals surface area contributed by atoms with Crippen molar-refractivity contribution in [2.45, 2.75) is 0 Å². The van der Waals surface area contributed by atoms with Gasteiger partial charge in [0.2, 0.25) is 0 Å². The van der Waals surface area contributed by atoms with E-state index in [0.29, 0.717) is 0 Å². The average Bonchev–Trinajstić information content (AvgIpc) is 1.25. The first kappa shape index (κ1) is 22.5. The van der Waals surface area contributed by atoms with Crippen molar-refractivity contribution >= 4 is 56.1 Å². The van der Waals surface area contributed by atoms with Crippen LogP contribution in [0.25, 0.3) is 0 Å². The van der Waals surface area contributed by atoms with E-state index in [2.05, 4.69) is 0 Å². The Morgan fingerprint density at radius 1 is 0.800 bits per heavy atom. The zero-order valence-electron chi connectivity index (χ0n) is 4.46. The van der Waals surface area contributed by atoms with Gasteiger partial charge in [0, 0.05) is 18.3 Å². The summed E-state index contributed by atoms with van der Waals surface area (Å²) >= 11 is 0. The van der Waals surface area contributed by atoms with Gasteiger partial charge in [-0.05, 0) is 0 Å². The van der Waals surface area contributed by atoms with Gasteiger partial charge in [-0.15, -0.1) is 0 Å². The molecule has 0 atom stereocenters. The minimum atomic E-state index is -3.63. The Hall–Kier alpha value is 1.01. The molecule has 1 radical (unpaired) electrons. The van der Waals surface area contributed by atoms with E-state index in [9.17, 15) is 0 Å². The van der Waals surface area contributed by atoms with Gasteiger partial charge < -0.3 is 28.1 Å². The molecule has 0 aromatic rings. The number of rotatable bonds is 0. The molecule has 0 aliphatic rings. The zero-order valence-corrected chi connectivity index (χ0v) is 9.61. The Balaban J connectivity index is -0.0000000300. The molecule has 0 rings (SSSR count). The summed E-state index contributed by atoms with van der Waals surface area (Å²) in [4.78, 5) is 34.1. The van der Waals surface area contributed by atoms with Crippen LogP contribution in [0, 0.1) is 0 Å². The fraction of sp³-hybridized carbons (Fsp3) is 0. The van der Waals surface area contributed by atoms with Crippen LogP contribution in [-0.4, -0.2) is 56.1 Å². The average molecular weight is 256 g/mol. The van der Waals surface area contributed by atoms with Gasteiger partial charge in [0.05, 0.1) is 0 Å². The van der Waals surface area contributed by atoms with E-state index in [4.69, 9.17) is 28.1 Å². The third-order valence-corrected chi connectivity index (χ3v) is 0. The van der Waals surface area contributed by atoms with Gasteiger partial charge in [0.1, 0.15) is 0 Å². The Labute approximate surface area is 100 Å². The van der Waals surface area contributed by atoms with E-state index in [1.807, 2.05) is 0 Å². The molecule has 0 bridgehead atoms. The van der Waals surface area contributed by atoms with Crippen LogP contribution < -0.4 is 19.2 Å². The summed E-state index contributed by atoms with van der Waals surface area (Å²) < 4.78 is 17.0. The van der Waals surface area contributed by atoms with E-state index in [1.165, 1.54) is 0 Å². The quantitative estimate of drug-likeness (QED) is 0.397. The molecule has 0 aliphatic heterocycles. The monoisotopic (exact) mass is 255 g/mol. The number of hydrogen-bond donors (Lipinski definition) is 0. The summed E-state index contributed by atoms with van der Waals surface area (Å²) in [6.45, 7) is 0. The van der Waals surface area contributed by atoms with Crippen molar-refractivity contribution in [2.24, 2.45) is 0 Å². The van der Waals surface area contributed by atoms with E-state index in [1.54, 1.807) is 0 Å².